The second kappa shape index (κ2) is 1.61. The van der Waals surface area contributed by atoms with Crippen LogP contribution < -0.4 is 16.8 Å². The Morgan fingerprint density at radius 3 is 2.50 bits per heavy atom. The van der Waals surface area contributed by atoms with Crippen LogP contribution in [-0.4, -0.2) is 22.8 Å². The molecule has 1 heterocycles. The van der Waals surface area contributed by atoms with E-state index >= 15 is 0 Å². The summed E-state index contributed by atoms with van der Waals surface area (Å²) in [5, 5.41) is 1.29. The van der Waals surface area contributed by atoms with Crippen LogP contribution in [0.3, 0.4) is 0 Å². The molecule has 5 nitrogen and oxygen atoms in total. The zero-order chi connectivity index (χ0) is 6.15. The molecule has 0 saturated heterocycles. The molecule has 0 aromatic heterocycles. The van der Waals surface area contributed by atoms with Crippen LogP contribution in [0.4, 0.5) is 0 Å². The number of nitrogens with one attached hydrogen (secondary N) is 2. The lowest BCUT2D eigenvalue weighted by molar-refractivity contribution is -0.578. The number of amidine groups is 1. The molecular formula is C3H10N5+. The van der Waals surface area contributed by atoms with E-state index in [9.17, 15) is 0 Å². The predicted octanol–water partition coefficient (Wildman–Crippen LogP) is -1.84. The maximum atomic E-state index is 5.26. The minimum atomic E-state index is 0.979. The summed E-state index contributed by atoms with van der Waals surface area (Å²) in [4.78, 5) is 0. The van der Waals surface area contributed by atoms with Crippen LogP contribution in [0.1, 0.15) is 6.92 Å². The molecule has 1 rings (SSSR count). The van der Waals surface area contributed by atoms with Gasteiger partial charge in [0.2, 0.25) is 0 Å². The maximum Gasteiger partial charge on any atom is 0.286 e. The molecule has 0 unspecified atom stereocenters. The van der Waals surface area contributed by atoms with Gasteiger partial charge >= 0.3 is 0 Å². The first-order valence-electron chi connectivity index (χ1n) is 2.35. The van der Waals surface area contributed by atoms with Crippen molar-refractivity contribution in [1.82, 2.24) is 16.2 Å². The van der Waals surface area contributed by atoms with Crippen molar-refractivity contribution in [3.8, 4) is 0 Å². The molecule has 0 atom stereocenters. The molecule has 1 aliphatic heterocycles. The molecule has 5 heteroatoms. The lowest BCUT2D eigenvalue weighted by Crippen LogP contribution is -2.48. The van der Waals surface area contributed by atoms with Gasteiger partial charge in [-0.05, 0) is 0 Å². The molecule has 0 aromatic carbocycles. The first-order valence-corrected chi connectivity index (χ1v) is 2.35. The number of rotatable bonds is 0. The fourth-order valence-corrected chi connectivity index (χ4v) is 0.511. The van der Waals surface area contributed by atoms with Gasteiger partial charge < -0.3 is 0 Å². The van der Waals surface area contributed by atoms with Crippen LogP contribution in [-0.2, 0) is 0 Å². The summed E-state index contributed by atoms with van der Waals surface area (Å²) < 4.78 is 1.78. The summed E-state index contributed by atoms with van der Waals surface area (Å²) in [7, 11) is 1.87. The van der Waals surface area contributed by atoms with Crippen molar-refractivity contribution in [3.05, 3.63) is 0 Å². The highest BCUT2D eigenvalue weighted by molar-refractivity contribution is 5.74. The topological polar surface area (TPSA) is 56.3 Å². The predicted molar refractivity (Wildman–Crippen MR) is 29.2 cm³/mol. The van der Waals surface area contributed by atoms with Crippen molar-refractivity contribution < 1.29 is 4.68 Å². The molecule has 0 radical (unpaired) electrons. The molecule has 0 saturated carbocycles. The monoisotopic (exact) mass is 116 g/mol. The lowest BCUT2D eigenvalue weighted by Gasteiger charge is -1.98. The van der Waals surface area contributed by atoms with E-state index in [1.807, 2.05) is 14.0 Å². The van der Waals surface area contributed by atoms with Gasteiger partial charge in [0, 0.05) is 12.2 Å². The Labute approximate surface area is 47.6 Å². The molecule has 0 amide bonds. The highest BCUT2D eigenvalue weighted by Crippen LogP contribution is 1.75. The van der Waals surface area contributed by atoms with Gasteiger partial charge in [0.05, 0.1) is 0 Å². The van der Waals surface area contributed by atoms with Crippen molar-refractivity contribution in [2.75, 3.05) is 7.05 Å². The zero-order valence-electron chi connectivity index (χ0n) is 4.97. The number of hydrogen-bond acceptors (Lipinski definition) is 4. The van der Waals surface area contributed by atoms with Crippen molar-refractivity contribution in [2.45, 2.75) is 6.92 Å². The van der Waals surface area contributed by atoms with E-state index in [0.717, 1.165) is 5.84 Å². The summed E-state index contributed by atoms with van der Waals surface area (Å²) in [6, 6.07) is 0. The smallest absolute Gasteiger partial charge is 0.210 e. The summed E-state index contributed by atoms with van der Waals surface area (Å²) in [6.45, 7) is 1.92. The number of hydrazone groups is 1. The number of nitrogens with zero attached hydrogens (tertiary/aromatic N) is 2. The van der Waals surface area contributed by atoms with E-state index in [1.54, 1.807) is 4.68 Å². The van der Waals surface area contributed by atoms with E-state index in [2.05, 4.69) is 11.0 Å². The van der Waals surface area contributed by atoms with E-state index in [4.69, 9.17) is 5.84 Å². The average Bonchev–Trinajstić information content (AvgIpc) is 1.85. The van der Waals surface area contributed by atoms with Crippen LogP contribution in [0.2, 0.25) is 0 Å². The van der Waals surface area contributed by atoms with Crippen LogP contribution in [0.5, 0.6) is 0 Å². The van der Waals surface area contributed by atoms with Gasteiger partial charge in [-0.2, -0.15) is 10.1 Å². The Balaban J connectivity index is 2.60. The molecule has 0 aromatic rings. The Hall–Kier alpha value is -0.810. The summed E-state index contributed by atoms with van der Waals surface area (Å²) in [6.07, 6.45) is 0. The van der Waals surface area contributed by atoms with Crippen molar-refractivity contribution in [3.63, 3.8) is 0 Å². The third-order valence-electron chi connectivity index (χ3n) is 1.04. The van der Waals surface area contributed by atoms with Crippen molar-refractivity contribution in [1.29, 1.82) is 0 Å². The Kier molecular flexibility index (Phi) is 1.07. The Bertz CT molecular complexity index is 114. The third kappa shape index (κ3) is 0.728. The summed E-state index contributed by atoms with van der Waals surface area (Å²) in [5.41, 5.74) is 5.57. The summed E-state index contributed by atoms with van der Waals surface area (Å²) in [5.74, 6) is 6.24. The van der Waals surface area contributed by atoms with Crippen molar-refractivity contribution >= 4 is 5.84 Å². The SMILES string of the molecule is CC1=[N+](C)NN(N)N1. The summed E-state index contributed by atoms with van der Waals surface area (Å²) >= 11 is 0. The molecule has 1 aliphatic rings. The Morgan fingerprint density at radius 1 is 1.75 bits per heavy atom. The van der Waals surface area contributed by atoms with Gasteiger partial charge in [-0.1, -0.05) is 0 Å². The highest BCUT2D eigenvalue weighted by atomic mass is 16.0. The maximum absolute atomic E-state index is 5.26. The Morgan fingerprint density at radius 2 is 2.38 bits per heavy atom. The van der Waals surface area contributed by atoms with E-state index in [-0.39, 0.29) is 0 Å². The molecule has 0 bridgehead atoms. The first kappa shape index (κ1) is 5.33. The van der Waals surface area contributed by atoms with Crippen LogP contribution in [0.15, 0.2) is 0 Å². The molecule has 0 fully saturated rings. The van der Waals surface area contributed by atoms with Gasteiger partial charge in [-0.25, -0.2) is 5.84 Å². The second-order valence-electron chi connectivity index (χ2n) is 1.73. The molecule has 0 spiro atoms. The van der Waals surface area contributed by atoms with Gasteiger partial charge in [-0.3, -0.25) is 0 Å². The molecule has 46 valence electrons. The quantitative estimate of drug-likeness (QED) is 0.257. The molecule has 8 heavy (non-hydrogen) atoms. The minimum absolute atomic E-state index is 0.979. The number of hydrazine groups is 4. The zero-order valence-corrected chi connectivity index (χ0v) is 4.97. The van der Waals surface area contributed by atoms with Crippen molar-refractivity contribution in [2.24, 2.45) is 5.84 Å². The minimum Gasteiger partial charge on any atom is -0.210 e. The largest absolute Gasteiger partial charge is 0.286 e. The average molecular weight is 116 g/mol. The highest BCUT2D eigenvalue weighted by Gasteiger charge is 2.16. The van der Waals surface area contributed by atoms with Gasteiger partial charge in [0.1, 0.15) is 7.05 Å². The van der Waals surface area contributed by atoms with Crippen LogP contribution in [0, 0.1) is 0 Å². The van der Waals surface area contributed by atoms with Crippen LogP contribution in [0.25, 0.3) is 0 Å². The first-order chi connectivity index (χ1) is 3.70. The normalized spacial score (nSPS) is 20.9. The lowest BCUT2D eigenvalue weighted by atomic mass is 10.7. The molecule has 4 N–H and O–H groups in total. The third-order valence-corrected chi connectivity index (χ3v) is 1.04. The van der Waals surface area contributed by atoms with Gasteiger partial charge in [0.25, 0.3) is 5.84 Å². The van der Waals surface area contributed by atoms with E-state index < -0.39 is 0 Å². The van der Waals surface area contributed by atoms with Gasteiger partial charge in [-0.15, -0.1) is 5.53 Å². The fourth-order valence-electron chi connectivity index (χ4n) is 0.511. The standard InChI is InChI=1S/C3H9N5/c1-3-5-8(4)6-7(3)2/h6H,4H2,1-2H3/p+1. The van der Waals surface area contributed by atoms with E-state index in [0.29, 0.717) is 0 Å². The number of hydrogen-bond donors (Lipinski definition) is 3. The van der Waals surface area contributed by atoms with E-state index in [1.165, 1.54) is 5.23 Å². The number of nitrogens with two attached hydrogens (primary N) is 1. The fraction of sp³-hybridized carbons (Fsp3) is 0.667. The molecule has 0 aliphatic carbocycles. The molecular weight excluding hydrogens is 106 g/mol. The van der Waals surface area contributed by atoms with Gasteiger partial charge in [0.15, 0.2) is 0 Å². The second-order valence-corrected chi connectivity index (χ2v) is 1.73. The van der Waals surface area contributed by atoms with Crippen LogP contribution >= 0.6 is 0 Å².